The second-order valence-corrected chi connectivity index (χ2v) is 5.81. The SMILES string of the molecule is COc1ccc(CN(C(C)=O)[C@@H](C)C(=O)NCC(C)C)cc1. The molecule has 122 valence electrons. The van der Waals surface area contributed by atoms with Gasteiger partial charge in [-0.05, 0) is 30.5 Å². The molecule has 0 radical (unpaired) electrons. The van der Waals surface area contributed by atoms with Gasteiger partial charge in [0.2, 0.25) is 11.8 Å². The predicted molar refractivity (Wildman–Crippen MR) is 86.5 cm³/mol. The summed E-state index contributed by atoms with van der Waals surface area (Å²) < 4.78 is 5.12. The molecule has 1 aromatic rings. The molecule has 0 bridgehead atoms. The van der Waals surface area contributed by atoms with Crippen LogP contribution in [0.15, 0.2) is 24.3 Å². The lowest BCUT2D eigenvalue weighted by atomic mass is 10.1. The van der Waals surface area contributed by atoms with Crippen molar-refractivity contribution >= 4 is 11.8 Å². The van der Waals surface area contributed by atoms with Crippen LogP contribution in [-0.4, -0.2) is 36.4 Å². The van der Waals surface area contributed by atoms with E-state index in [1.807, 2.05) is 38.1 Å². The number of hydrogen-bond acceptors (Lipinski definition) is 3. The molecule has 5 heteroatoms. The molecule has 5 nitrogen and oxygen atoms in total. The van der Waals surface area contributed by atoms with E-state index in [1.165, 1.54) is 6.92 Å². The highest BCUT2D eigenvalue weighted by Gasteiger charge is 2.23. The second kappa shape index (κ2) is 8.41. The summed E-state index contributed by atoms with van der Waals surface area (Å²) in [6.07, 6.45) is 0. The molecule has 0 unspecified atom stereocenters. The first-order valence-electron chi connectivity index (χ1n) is 7.53. The molecule has 0 aliphatic carbocycles. The van der Waals surface area contributed by atoms with Gasteiger partial charge in [-0.3, -0.25) is 9.59 Å². The van der Waals surface area contributed by atoms with Gasteiger partial charge in [-0.15, -0.1) is 0 Å². The summed E-state index contributed by atoms with van der Waals surface area (Å²) in [6.45, 7) is 8.31. The van der Waals surface area contributed by atoms with Crippen molar-refractivity contribution in [1.82, 2.24) is 10.2 Å². The van der Waals surface area contributed by atoms with Gasteiger partial charge in [0, 0.05) is 20.0 Å². The third-order valence-corrected chi connectivity index (χ3v) is 3.45. The van der Waals surface area contributed by atoms with Crippen LogP contribution in [0.25, 0.3) is 0 Å². The topological polar surface area (TPSA) is 58.6 Å². The fourth-order valence-electron chi connectivity index (χ4n) is 2.04. The van der Waals surface area contributed by atoms with E-state index in [9.17, 15) is 9.59 Å². The van der Waals surface area contributed by atoms with E-state index < -0.39 is 6.04 Å². The number of rotatable bonds is 7. The summed E-state index contributed by atoms with van der Waals surface area (Å²) in [4.78, 5) is 25.6. The number of carbonyl (C=O) groups excluding carboxylic acids is 2. The maximum Gasteiger partial charge on any atom is 0.242 e. The van der Waals surface area contributed by atoms with Gasteiger partial charge in [-0.2, -0.15) is 0 Å². The first kappa shape index (κ1) is 18.0. The Morgan fingerprint density at radius 2 is 1.77 bits per heavy atom. The van der Waals surface area contributed by atoms with Gasteiger partial charge in [0.05, 0.1) is 7.11 Å². The molecule has 0 heterocycles. The van der Waals surface area contributed by atoms with Gasteiger partial charge in [-0.25, -0.2) is 0 Å². The molecule has 1 aromatic carbocycles. The van der Waals surface area contributed by atoms with Crippen LogP contribution in [0.3, 0.4) is 0 Å². The third-order valence-electron chi connectivity index (χ3n) is 3.45. The number of hydrogen-bond donors (Lipinski definition) is 1. The number of methoxy groups -OCH3 is 1. The van der Waals surface area contributed by atoms with Crippen LogP contribution < -0.4 is 10.1 Å². The van der Waals surface area contributed by atoms with Crippen molar-refractivity contribution in [3.8, 4) is 5.75 Å². The number of nitrogens with one attached hydrogen (secondary N) is 1. The fourth-order valence-corrected chi connectivity index (χ4v) is 2.04. The van der Waals surface area contributed by atoms with E-state index in [1.54, 1.807) is 18.9 Å². The van der Waals surface area contributed by atoms with E-state index >= 15 is 0 Å². The van der Waals surface area contributed by atoms with Crippen molar-refractivity contribution in [2.45, 2.75) is 40.3 Å². The summed E-state index contributed by atoms with van der Waals surface area (Å²) >= 11 is 0. The predicted octanol–water partition coefficient (Wildman–Crippen LogP) is 2.20. The molecule has 0 aromatic heterocycles. The molecule has 1 atom stereocenters. The minimum absolute atomic E-state index is 0.122. The summed E-state index contributed by atoms with van der Waals surface area (Å²) in [6, 6.07) is 6.98. The Morgan fingerprint density at radius 1 is 1.18 bits per heavy atom. The Hall–Kier alpha value is -2.04. The molecule has 0 saturated carbocycles. The van der Waals surface area contributed by atoms with Crippen LogP contribution in [0.5, 0.6) is 5.75 Å². The normalized spacial score (nSPS) is 11.9. The molecule has 0 saturated heterocycles. The Labute approximate surface area is 132 Å². The van der Waals surface area contributed by atoms with Crippen LogP contribution in [0.4, 0.5) is 0 Å². The second-order valence-electron chi connectivity index (χ2n) is 5.81. The van der Waals surface area contributed by atoms with Crippen LogP contribution in [0.1, 0.15) is 33.3 Å². The van der Waals surface area contributed by atoms with E-state index in [4.69, 9.17) is 4.74 Å². The number of benzene rings is 1. The number of amides is 2. The highest BCUT2D eigenvalue weighted by molar-refractivity contribution is 5.86. The lowest BCUT2D eigenvalue weighted by Crippen LogP contribution is -2.47. The van der Waals surface area contributed by atoms with Crippen molar-refractivity contribution in [2.75, 3.05) is 13.7 Å². The van der Waals surface area contributed by atoms with Crippen molar-refractivity contribution in [3.05, 3.63) is 29.8 Å². The van der Waals surface area contributed by atoms with Crippen LogP contribution >= 0.6 is 0 Å². The van der Waals surface area contributed by atoms with Gasteiger partial charge in [0.25, 0.3) is 0 Å². The standard InChI is InChI=1S/C17H26N2O3/c1-12(2)10-18-17(21)13(3)19(14(4)20)11-15-6-8-16(22-5)9-7-15/h6-9,12-13H,10-11H2,1-5H3,(H,18,21)/t13-/m0/s1. The van der Waals surface area contributed by atoms with Crippen LogP contribution in [0.2, 0.25) is 0 Å². The van der Waals surface area contributed by atoms with Crippen LogP contribution in [0, 0.1) is 5.92 Å². The zero-order chi connectivity index (χ0) is 16.7. The molecule has 0 aliphatic rings. The van der Waals surface area contributed by atoms with E-state index in [-0.39, 0.29) is 11.8 Å². The zero-order valence-electron chi connectivity index (χ0n) is 14.1. The highest BCUT2D eigenvalue weighted by Crippen LogP contribution is 2.14. The summed E-state index contributed by atoms with van der Waals surface area (Å²) in [5.74, 6) is 0.893. The minimum atomic E-state index is -0.502. The first-order chi connectivity index (χ1) is 10.3. The summed E-state index contributed by atoms with van der Waals surface area (Å²) in [7, 11) is 1.61. The Kier molecular flexibility index (Phi) is 6.89. The Bertz CT molecular complexity index is 497. The molecule has 0 fully saturated rings. The Morgan fingerprint density at radius 3 is 2.23 bits per heavy atom. The molecule has 0 aliphatic heterocycles. The molecule has 22 heavy (non-hydrogen) atoms. The monoisotopic (exact) mass is 306 g/mol. The zero-order valence-corrected chi connectivity index (χ0v) is 14.1. The largest absolute Gasteiger partial charge is 0.497 e. The van der Waals surface area contributed by atoms with Gasteiger partial charge in [0.15, 0.2) is 0 Å². The van der Waals surface area contributed by atoms with Gasteiger partial charge < -0.3 is 15.0 Å². The van der Waals surface area contributed by atoms with Crippen molar-refractivity contribution in [2.24, 2.45) is 5.92 Å². The fraction of sp³-hybridized carbons (Fsp3) is 0.529. The smallest absolute Gasteiger partial charge is 0.242 e. The molecular weight excluding hydrogens is 280 g/mol. The molecule has 1 rings (SSSR count). The molecular formula is C17H26N2O3. The maximum absolute atomic E-state index is 12.2. The van der Waals surface area contributed by atoms with Crippen molar-refractivity contribution in [1.29, 1.82) is 0 Å². The average Bonchev–Trinajstić information content (AvgIpc) is 2.49. The number of carbonyl (C=O) groups is 2. The maximum atomic E-state index is 12.2. The van der Waals surface area contributed by atoms with Crippen molar-refractivity contribution < 1.29 is 14.3 Å². The molecule has 0 spiro atoms. The van der Waals surface area contributed by atoms with E-state index in [0.717, 1.165) is 11.3 Å². The molecule has 2 amide bonds. The summed E-state index contributed by atoms with van der Waals surface area (Å²) in [5, 5.41) is 2.87. The van der Waals surface area contributed by atoms with E-state index in [0.29, 0.717) is 19.0 Å². The minimum Gasteiger partial charge on any atom is -0.497 e. The lowest BCUT2D eigenvalue weighted by Gasteiger charge is -2.27. The van der Waals surface area contributed by atoms with E-state index in [2.05, 4.69) is 5.32 Å². The van der Waals surface area contributed by atoms with Gasteiger partial charge in [-0.1, -0.05) is 26.0 Å². The number of ether oxygens (including phenoxy) is 1. The van der Waals surface area contributed by atoms with Crippen molar-refractivity contribution in [3.63, 3.8) is 0 Å². The lowest BCUT2D eigenvalue weighted by molar-refractivity contribution is -0.139. The molecule has 1 N–H and O–H groups in total. The van der Waals surface area contributed by atoms with Gasteiger partial charge in [0.1, 0.15) is 11.8 Å². The summed E-state index contributed by atoms with van der Waals surface area (Å²) in [5.41, 5.74) is 0.958. The van der Waals surface area contributed by atoms with Gasteiger partial charge >= 0.3 is 0 Å². The quantitative estimate of drug-likeness (QED) is 0.840. The van der Waals surface area contributed by atoms with Crippen LogP contribution in [-0.2, 0) is 16.1 Å². The Balaban J connectivity index is 2.75. The highest BCUT2D eigenvalue weighted by atomic mass is 16.5. The third kappa shape index (κ3) is 5.39. The first-order valence-corrected chi connectivity index (χ1v) is 7.53. The number of nitrogens with zero attached hydrogens (tertiary/aromatic N) is 1. The average molecular weight is 306 g/mol.